The van der Waals surface area contributed by atoms with Crippen LogP contribution in [-0.4, -0.2) is 48.6 Å². The Balaban J connectivity index is 2.79. The highest BCUT2D eigenvalue weighted by Crippen LogP contribution is 2.25. The van der Waals surface area contributed by atoms with E-state index in [1.54, 1.807) is 18.2 Å². The molecule has 0 fully saturated rings. The highest BCUT2D eigenvalue weighted by molar-refractivity contribution is 6.32. The first-order valence-corrected chi connectivity index (χ1v) is 6.59. The molecule has 0 heterocycles. The zero-order valence-corrected chi connectivity index (χ0v) is 12.3. The third kappa shape index (κ3) is 4.49. The van der Waals surface area contributed by atoms with E-state index in [2.05, 4.69) is 0 Å². The van der Waals surface area contributed by atoms with Crippen LogP contribution in [0.25, 0.3) is 0 Å². The lowest BCUT2D eigenvalue weighted by Crippen LogP contribution is -2.37. The molecule has 0 unspecified atom stereocenters. The third-order valence-corrected chi connectivity index (χ3v) is 3.23. The van der Waals surface area contributed by atoms with E-state index in [0.717, 1.165) is 0 Å². The average molecular weight is 286 g/mol. The molecule has 4 nitrogen and oxygen atoms in total. The van der Waals surface area contributed by atoms with Crippen molar-refractivity contribution < 1.29 is 14.6 Å². The standard InChI is InChI=1S/C14H20ClNO3/c1-10(2)16(6-7-17)9-13(18)11-4-5-14(19-3)12(15)8-11/h4-5,8,10,17H,6-7,9H2,1-3H3. The van der Waals surface area contributed by atoms with Crippen molar-refractivity contribution in [2.75, 3.05) is 26.8 Å². The van der Waals surface area contributed by atoms with E-state index < -0.39 is 0 Å². The number of hydrogen-bond acceptors (Lipinski definition) is 4. The number of benzene rings is 1. The van der Waals surface area contributed by atoms with Crippen LogP contribution in [-0.2, 0) is 0 Å². The summed E-state index contributed by atoms with van der Waals surface area (Å²) in [7, 11) is 1.53. The average Bonchev–Trinajstić information content (AvgIpc) is 2.37. The van der Waals surface area contributed by atoms with Gasteiger partial charge in [-0.2, -0.15) is 0 Å². The summed E-state index contributed by atoms with van der Waals surface area (Å²) < 4.78 is 5.05. The van der Waals surface area contributed by atoms with Gasteiger partial charge in [-0.3, -0.25) is 9.69 Å². The van der Waals surface area contributed by atoms with Crippen LogP contribution < -0.4 is 4.74 Å². The Morgan fingerprint density at radius 3 is 2.63 bits per heavy atom. The summed E-state index contributed by atoms with van der Waals surface area (Å²) in [6.07, 6.45) is 0. The van der Waals surface area contributed by atoms with Crippen LogP contribution in [0.5, 0.6) is 5.75 Å². The summed E-state index contributed by atoms with van der Waals surface area (Å²) in [5, 5.41) is 9.41. The van der Waals surface area contributed by atoms with Crippen LogP contribution in [0.4, 0.5) is 0 Å². The number of carbonyl (C=O) groups is 1. The Morgan fingerprint density at radius 2 is 2.16 bits per heavy atom. The summed E-state index contributed by atoms with van der Waals surface area (Å²) >= 11 is 6.00. The predicted molar refractivity (Wildman–Crippen MR) is 76.1 cm³/mol. The van der Waals surface area contributed by atoms with Gasteiger partial charge in [-0.05, 0) is 32.0 Å². The van der Waals surface area contributed by atoms with Crippen LogP contribution in [0, 0.1) is 0 Å². The number of Topliss-reactive ketones (excluding diaryl/α,β-unsaturated/α-hetero) is 1. The summed E-state index contributed by atoms with van der Waals surface area (Å²) in [5.74, 6) is 0.529. The first-order chi connectivity index (χ1) is 8.99. The molecular formula is C14H20ClNO3. The molecule has 0 aliphatic carbocycles. The monoisotopic (exact) mass is 285 g/mol. The van der Waals surface area contributed by atoms with Crippen molar-refractivity contribution in [2.24, 2.45) is 0 Å². The fourth-order valence-electron chi connectivity index (χ4n) is 1.76. The molecule has 1 aromatic carbocycles. The minimum Gasteiger partial charge on any atom is -0.495 e. The van der Waals surface area contributed by atoms with Crippen molar-refractivity contribution in [3.05, 3.63) is 28.8 Å². The van der Waals surface area contributed by atoms with E-state index in [1.807, 2.05) is 18.7 Å². The molecule has 0 radical (unpaired) electrons. The second-order valence-corrected chi connectivity index (χ2v) is 4.97. The highest BCUT2D eigenvalue weighted by Gasteiger charge is 2.16. The van der Waals surface area contributed by atoms with Crippen molar-refractivity contribution in [1.82, 2.24) is 4.90 Å². The van der Waals surface area contributed by atoms with Crippen molar-refractivity contribution in [3.8, 4) is 5.75 Å². The van der Waals surface area contributed by atoms with Gasteiger partial charge < -0.3 is 9.84 Å². The van der Waals surface area contributed by atoms with Gasteiger partial charge in [0.15, 0.2) is 5.78 Å². The normalized spacial score (nSPS) is 11.1. The maximum absolute atomic E-state index is 12.2. The van der Waals surface area contributed by atoms with Gasteiger partial charge in [0, 0.05) is 18.2 Å². The number of hydrogen-bond donors (Lipinski definition) is 1. The summed E-state index contributed by atoms with van der Waals surface area (Å²) in [6, 6.07) is 5.19. The number of carbonyl (C=O) groups excluding carboxylic acids is 1. The fourth-order valence-corrected chi connectivity index (χ4v) is 2.02. The van der Waals surface area contributed by atoms with Gasteiger partial charge in [0.1, 0.15) is 5.75 Å². The largest absolute Gasteiger partial charge is 0.495 e. The van der Waals surface area contributed by atoms with E-state index in [9.17, 15) is 4.79 Å². The number of methoxy groups -OCH3 is 1. The second kappa shape index (κ2) is 7.48. The molecule has 1 N–H and O–H groups in total. The number of nitrogens with zero attached hydrogens (tertiary/aromatic N) is 1. The van der Waals surface area contributed by atoms with Gasteiger partial charge in [-0.25, -0.2) is 0 Å². The molecule has 0 aromatic heterocycles. The molecule has 19 heavy (non-hydrogen) atoms. The van der Waals surface area contributed by atoms with Gasteiger partial charge in [0.05, 0.1) is 25.3 Å². The maximum Gasteiger partial charge on any atom is 0.176 e. The Morgan fingerprint density at radius 1 is 1.47 bits per heavy atom. The zero-order chi connectivity index (χ0) is 14.4. The van der Waals surface area contributed by atoms with Crippen molar-refractivity contribution >= 4 is 17.4 Å². The highest BCUT2D eigenvalue weighted by atomic mass is 35.5. The topological polar surface area (TPSA) is 49.8 Å². The lowest BCUT2D eigenvalue weighted by molar-refractivity contribution is 0.0881. The lowest BCUT2D eigenvalue weighted by Gasteiger charge is -2.24. The van der Waals surface area contributed by atoms with Crippen LogP contribution >= 0.6 is 11.6 Å². The molecule has 1 aromatic rings. The van der Waals surface area contributed by atoms with Crippen LogP contribution in [0.15, 0.2) is 18.2 Å². The van der Waals surface area contributed by atoms with Gasteiger partial charge in [-0.15, -0.1) is 0 Å². The SMILES string of the molecule is COc1ccc(C(=O)CN(CCO)C(C)C)cc1Cl. The van der Waals surface area contributed by atoms with Gasteiger partial charge in [-0.1, -0.05) is 11.6 Å². The third-order valence-electron chi connectivity index (χ3n) is 2.94. The maximum atomic E-state index is 12.2. The molecule has 0 spiro atoms. The smallest absolute Gasteiger partial charge is 0.176 e. The van der Waals surface area contributed by atoms with E-state index in [0.29, 0.717) is 22.9 Å². The molecule has 106 valence electrons. The number of ketones is 1. The molecule has 1 rings (SSSR count). The van der Waals surface area contributed by atoms with Gasteiger partial charge in [0.2, 0.25) is 0 Å². The Kier molecular flexibility index (Phi) is 6.28. The Bertz CT molecular complexity index is 435. The van der Waals surface area contributed by atoms with E-state index in [4.69, 9.17) is 21.4 Å². The summed E-state index contributed by atoms with van der Waals surface area (Å²) in [5.41, 5.74) is 0.550. The Hall–Kier alpha value is -1.10. The second-order valence-electron chi connectivity index (χ2n) is 4.56. The van der Waals surface area contributed by atoms with Crippen LogP contribution in [0.1, 0.15) is 24.2 Å². The number of rotatable bonds is 7. The molecule has 0 atom stereocenters. The zero-order valence-electron chi connectivity index (χ0n) is 11.5. The molecule has 5 heteroatoms. The predicted octanol–water partition coefficient (Wildman–Crippen LogP) is 2.23. The van der Waals surface area contributed by atoms with Gasteiger partial charge >= 0.3 is 0 Å². The summed E-state index contributed by atoms with van der Waals surface area (Å²) in [4.78, 5) is 14.1. The molecule has 0 aliphatic heterocycles. The van der Waals surface area contributed by atoms with E-state index >= 15 is 0 Å². The van der Waals surface area contributed by atoms with E-state index in [-0.39, 0.29) is 25.0 Å². The lowest BCUT2D eigenvalue weighted by atomic mass is 10.1. The fraction of sp³-hybridized carbons (Fsp3) is 0.500. The number of aliphatic hydroxyl groups is 1. The minimum absolute atomic E-state index is 0.0216. The number of halogens is 1. The quantitative estimate of drug-likeness (QED) is 0.781. The first kappa shape index (κ1) is 16.0. The van der Waals surface area contributed by atoms with Crippen molar-refractivity contribution in [1.29, 1.82) is 0 Å². The van der Waals surface area contributed by atoms with Crippen LogP contribution in [0.3, 0.4) is 0 Å². The van der Waals surface area contributed by atoms with Crippen LogP contribution in [0.2, 0.25) is 5.02 Å². The van der Waals surface area contributed by atoms with E-state index in [1.165, 1.54) is 7.11 Å². The Labute approximate surface area is 118 Å². The molecule has 0 saturated carbocycles. The molecule has 0 saturated heterocycles. The molecule has 0 aliphatic rings. The molecule has 0 amide bonds. The van der Waals surface area contributed by atoms with Crippen molar-refractivity contribution in [2.45, 2.75) is 19.9 Å². The first-order valence-electron chi connectivity index (χ1n) is 6.21. The van der Waals surface area contributed by atoms with Crippen molar-refractivity contribution in [3.63, 3.8) is 0 Å². The minimum atomic E-state index is -0.0216. The van der Waals surface area contributed by atoms with Gasteiger partial charge in [0.25, 0.3) is 0 Å². The number of ether oxygens (including phenoxy) is 1. The number of aliphatic hydroxyl groups excluding tert-OH is 1. The molecule has 0 bridgehead atoms. The molecular weight excluding hydrogens is 266 g/mol. The summed E-state index contributed by atoms with van der Waals surface area (Å²) in [6.45, 7) is 4.76.